The van der Waals surface area contributed by atoms with Crippen molar-refractivity contribution in [3.05, 3.63) is 17.8 Å². The van der Waals surface area contributed by atoms with Gasteiger partial charge in [-0.2, -0.15) is 0 Å². The Kier molecular flexibility index (Phi) is 5.00. The van der Waals surface area contributed by atoms with Crippen molar-refractivity contribution in [1.29, 1.82) is 0 Å². The highest BCUT2D eigenvalue weighted by atomic mass is 16.4. The molecule has 0 bridgehead atoms. The van der Waals surface area contributed by atoms with Crippen LogP contribution in [-0.2, 0) is 16.8 Å². The van der Waals surface area contributed by atoms with E-state index in [9.17, 15) is 4.79 Å². The van der Waals surface area contributed by atoms with E-state index < -0.39 is 0 Å². The molecule has 1 aromatic rings. The van der Waals surface area contributed by atoms with Gasteiger partial charge in [0.1, 0.15) is 5.76 Å². The average Bonchev–Trinajstić information content (AvgIpc) is 3.25. The number of hydrogen-bond donors (Lipinski definition) is 0. The maximum atomic E-state index is 12.2. The smallest absolute Gasteiger partial charge is 0.222 e. The molecule has 0 aromatic carbocycles. The van der Waals surface area contributed by atoms with Crippen LogP contribution >= 0.6 is 0 Å². The third kappa shape index (κ3) is 3.51. The average molecular weight is 333 g/mol. The lowest BCUT2D eigenvalue weighted by Gasteiger charge is -2.34. The third-order valence-electron chi connectivity index (χ3n) is 5.41. The van der Waals surface area contributed by atoms with Crippen LogP contribution in [0.1, 0.15) is 71.5 Å². The SMILES string of the molecule is CCC(=O)N1CCC[C@H]1[C@@H]1CCCN1Cc1ncc(C(C)(C)C)o1. The van der Waals surface area contributed by atoms with Gasteiger partial charge in [-0.15, -0.1) is 0 Å². The van der Waals surface area contributed by atoms with E-state index in [1.165, 1.54) is 12.8 Å². The standard InChI is InChI=1S/C19H31N3O2/c1-5-18(23)22-11-7-9-15(22)14-8-6-10-21(14)13-17-20-12-16(24-17)19(2,3)4/h12,14-15H,5-11,13H2,1-4H3/t14-,15-/m0/s1. The number of hydrogen-bond acceptors (Lipinski definition) is 4. The van der Waals surface area contributed by atoms with Crippen LogP contribution < -0.4 is 0 Å². The maximum absolute atomic E-state index is 12.2. The zero-order chi connectivity index (χ0) is 17.3. The van der Waals surface area contributed by atoms with Crippen LogP contribution in [0.3, 0.4) is 0 Å². The Hall–Kier alpha value is -1.36. The summed E-state index contributed by atoms with van der Waals surface area (Å²) < 4.78 is 5.98. The van der Waals surface area contributed by atoms with Crippen molar-refractivity contribution in [3.63, 3.8) is 0 Å². The molecule has 3 heterocycles. The van der Waals surface area contributed by atoms with E-state index in [1.54, 1.807) is 0 Å². The molecular weight excluding hydrogens is 302 g/mol. The number of nitrogens with zero attached hydrogens (tertiary/aromatic N) is 3. The van der Waals surface area contributed by atoms with Gasteiger partial charge in [0, 0.05) is 30.5 Å². The Morgan fingerprint density at radius 2 is 1.96 bits per heavy atom. The molecule has 2 atom stereocenters. The lowest BCUT2D eigenvalue weighted by atomic mass is 9.94. The van der Waals surface area contributed by atoms with Gasteiger partial charge in [0.05, 0.1) is 12.7 Å². The fourth-order valence-corrected chi connectivity index (χ4v) is 4.09. The predicted molar refractivity (Wildman–Crippen MR) is 93.7 cm³/mol. The summed E-state index contributed by atoms with van der Waals surface area (Å²) in [5.74, 6) is 2.05. The topological polar surface area (TPSA) is 49.6 Å². The second-order valence-electron chi connectivity index (χ2n) is 8.20. The molecule has 0 N–H and O–H groups in total. The summed E-state index contributed by atoms with van der Waals surface area (Å²) in [5.41, 5.74) is -0.00847. The molecule has 2 fully saturated rings. The highest BCUT2D eigenvalue weighted by Crippen LogP contribution is 2.32. The van der Waals surface area contributed by atoms with Crippen molar-refractivity contribution < 1.29 is 9.21 Å². The molecule has 2 aliphatic heterocycles. The lowest BCUT2D eigenvalue weighted by molar-refractivity contribution is -0.132. The number of amides is 1. The lowest BCUT2D eigenvalue weighted by Crippen LogP contribution is -2.47. The summed E-state index contributed by atoms with van der Waals surface area (Å²) in [5, 5.41) is 0. The van der Waals surface area contributed by atoms with Crippen LogP contribution in [0.4, 0.5) is 0 Å². The highest BCUT2D eigenvalue weighted by molar-refractivity contribution is 5.76. The first-order valence-electron chi connectivity index (χ1n) is 9.39. The van der Waals surface area contributed by atoms with Gasteiger partial charge in [-0.05, 0) is 32.2 Å². The fraction of sp³-hybridized carbons (Fsp3) is 0.789. The molecule has 0 unspecified atom stereocenters. The third-order valence-corrected chi connectivity index (χ3v) is 5.41. The molecule has 1 amide bonds. The number of likely N-dealkylation sites (tertiary alicyclic amines) is 2. The van der Waals surface area contributed by atoms with Crippen molar-refractivity contribution in [2.75, 3.05) is 13.1 Å². The summed E-state index contributed by atoms with van der Waals surface area (Å²) >= 11 is 0. The Balaban J connectivity index is 1.69. The molecule has 5 nitrogen and oxygen atoms in total. The summed E-state index contributed by atoms with van der Waals surface area (Å²) in [6.45, 7) is 11.1. The van der Waals surface area contributed by atoms with Crippen LogP contribution in [0.5, 0.6) is 0 Å². The van der Waals surface area contributed by atoms with E-state index in [0.29, 0.717) is 24.4 Å². The van der Waals surface area contributed by atoms with Gasteiger partial charge < -0.3 is 9.32 Å². The minimum Gasteiger partial charge on any atom is -0.444 e. The van der Waals surface area contributed by atoms with Crippen molar-refractivity contribution in [3.8, 4) is 0 Å². The molecule has 5 heteroatoms. The molecule has 0 saturated carbocycles. The zero-order valence-electron chi connectivity index (χ0n) is 15.5. The maximum Gasteiger partial charge on any atom is 0.222 e. The molecular formula is C19H31N3O2. The second-order valence-corrected chi connectivity index (χ2v) is 8.20. The summed E-state index contributed by atoms with van der Waals surface area (Å²) in [4.78, 5) is 21.3. The molecule has 3 rings (SSSR count). The molecule has 2 aliphatic rings. The summed E-state index contributed by atoms with van der Waals surface area (Å²) in [6, 6.07) is 0.824. The molecule has 2 saturated heterocycles. The first-order valence-corrected chi connectivity index (χ1v) is 9.39. The van der Waals surface area contributed by atoms with Crippen molar-refractivity contribution >= 4 is 5.91 Å². The van der Waals surface area contributed by atoms with E-state index in [4.69, 9.17) is 4.42 Å². The van der Waals surface area contributed by atoms with Crippen LogP contribution in [0.15, 0.2) is 10.6 Å². The van der Waals surface area contributed by atoms with Crippen LogP contribution in [0, 0.1) is 0 Å². The van der Waals surface area contributed by atoms with Crippen molar-refractivity contribution in [2.45, 2.75) is 83.8 Å². The number of oxazole rings is 1. The molecule has 0 radical (unpaired) electrons. The van der Waals surface area contributed by atoms with Crippen molar-refractivity contribution in [1.82, 2.24) is 14.8 Å². The quantitative estimate of drug-likeness (QED) is 0.848. The molecule has 1 aromatic heterocycles. The first kappa shape index (κ1) is 17.5. The second kappa shape index (κ2) is 6.87. The van der Waals surface area contributed by atoms with E-state index in [1.807, 2.05) is 13.1 Å². The normalized spacial score (nSPS) is 25.6. The molecule has 134 valence electrons. The van der Waals surface area contributed by atoms with Crippen molar-refractivity contribution in [2.24, 2.45) is 0 Å². The summed E-state index contributed by atoms with van der Waals surface area (Å²) in [7, 11) is 0. The van der Waals surface area contributed by atoms with Gasteiger partial charge >= 0.3 is 0 Å². The predicted octanol–water partition coefficient (Wildman–Crippen LogP) is 3.34. The van der Waals surface area contributed by atoms with Gasteiger partial charge in [-0.3, -0.25) is 9.69 Å². The molecule has 0 spiro atoms. The minimum atomic E-state index is -0.00847. The van der Waals surface area contributed by atoms with E-state index in [2.05, 4.69) is 35.6 Å². The Morgan fingerprint density at radius 3 is 2.62 bits per heavy atom. The Morgan fingerprint density at radius 1 is 1.25 bits per heavy atom. The molecule has 24 heavy (non-hydrogen) atoms. The number of carbonyl (C=O) groups excluding carboxylic acids is 1. The molecule has 0 aliphatic carbocycles. The fourth-order valence-electron chi connectivity index (χ4n) is 4.09. The van der Waals surface area contributed by atoms with E-state index in [0.717, 1.165) is 44.1 Å². The number of rotatable bonds is 4. The van der Waals surface area contributed by atoms with Gasteiger partial charge in [0.25, 0.3) is 0 Å². The highest BCUT2D eigenvalue weighted by Gasteiger charge is 2.39. The minimum absolute atomic E-state index is 0.00847. The monoisotopic (exact) mass is 333 g/mol. The van der Waals surface area contributed by atoms with Gasteiger partial charge in [-0.1, -0.05) is 27.7 Å². The first-order chi connectivity index (χ1) is 11.4. The Bertz CT molecular complexity index is 575. The van der Waals surface area contributed by atoms with E-state index in [-0.39, 0.29) is 5.41 Å². The number of aromatic nitrogens is 1. The van der Waals surface area contributed by atoms with Crippen LogP contribution in [0.2, 0.25) is 0 Å². The largest absolute Gasteiger partial charge is 0.444 e. The van der Waals surface area contributed by atoms with Gasteiger partial charge in [0.15, 0.2) is 0 Å². The van der Waals surface area contributed by atoms with Crippen LogP contribution in [0.25, 0.3) is 0 Å². The van der Waals surface area contributed by atoms with Gasteiger partial charge in [0.2, 0.25) is 11.8 Å². The zero-order valence-corrected chi connectivity index (χ0v) is 15.5. The number of carbonyl (C=O) groups is 1. The van der Waals surface area contributed by atoms with Gasteiger partial charge in [-0.25, -0.2) is 4.98 Å². The Labute approximate surface area is 145 Å². The van der Waals surface area contributed by atoms with E-state index >= 15 is 0 Å². The summed E-state index contributed by atoms with van der Waals surface area (Å²) in [6.07, 6.45) is 7.10. The van der Waals surface area contributed by atoms with Crippen LogP contribution in [-0.4, -0.2) is 45.9 Å².